The van der Waals surface area contributed by atoms with E-state index in [1.807, 2.05) is 0 Å². The van der Waals surface area contributed by atoms with Gasteiger partial charge in [-0.2, -0.15) is 4.98 Å². The highest BCUT2D eigenvalue weighted by molar-refractivity contribution is 5.46. The Morgan fingerprint density at radius 3 is 2.57 bits per heavy atom. The van der Waals surface area contributed by atoms with Crippen LogP contribution in [0.2, 0.25) is 0 Å². The topological polar surface area (TPSA) is 45.4 Å². The molecular weight excluding hydrogens is 288 g/mol. The van der Waals surface area contributed by atoms with Gasteiger partial charge in [-0.1, -0.05) is 36.7 Å². The van der Waals surface area contributed by atoms with Crippen molar-refractivity contribution in [1.82, 2.24) is 15.0 Å². The minimum atomic E-state index is 0.191. The van der Waals surface area contributed by atoms with E-state index in [1.54, 1.807) is 0 Å². The first kappa shape index (κ1) is 16.0. The van der Waals surface area contributed by atoms with Crippen LogP contribution in [0.15, 0.2) is 34.9 Å². The number of anilines is 1. The second kappa shape index (κ2) is 7.59. The summed E-state index contributed by atoms with van der Waals surface area (Å²) in [4.78, 5) is 9.43. The van der Waals surface area contributed by atoms with Gasteiger partial charge in [0.2, 0.25) is 5.89 Å². The first-order valence-corrected chi connectivity index (χ1v) is 8.64. The van der Waals surface area contributed by atoms with Crippen molar-refractivity contribution < 1.29 is 4.52 Å². The third kappa shape index (κ3) is 3.91. The molecule has 1 atom stereocenters. The summed E-state index contributed by atoms with van der Waals surface area (Å²) in [7, 11) is 0. The molecule has 1 fully saturated rings. The summed E-state index contributed by atoms with van der Waals surface area (Å²) in [5.41, 5.74) is 1.31. The maximum Gasteiger partial charge on any atom is 0.243 e. The lowest BCUT2D eigenvalue weighted by Gasteiger charge is -2.38. The van der Waals surface area contributed by atoms with Crippen molar-refractivity contribution in [3.8, 4) is 0 Å². The molecule has 0 aliphatic carbocycles. The third-order valence-electron chi connectivity index (χ3n) is 4.58. The van der Waals surface area contributed by atoms with Gasteiger partial charge >= 0.3 is 0 Å². The zero-order valence-corrected chi connectivity index (χ0v) is 14.1. The molecule has 0 spiro atoms. The number of nitrogens with zero attached hydrogens (tertiary/aromatic N) is 4. The number of aromatic nitrogens is 2. The number of rotatable bonds is 6. The van der Waals surface area contributed by atoms with E-state index in [0.29, 0.717) is 0 Å². The standard InChI is InChI=1S/C18H26N4O/c1-3-4-10-17-19-18(23-20-17)15(2)21-11-13-22(14-12-21)16-8-6-5-7-9-16/h5-9,15H,3-4,10-14H2,1-2H3. The van der Waals surface area contributed by atoms with E-state index < -0.39 is 0 Å². The van der Waals surface area contributed by atoms with E-state index >= 15 is 0 Å². The lowest BCUT2D eigenvalue weighted by Crippen LogP contribution is -2.47. The summed E-state index contributed by atoms with van der Waals surface area (Å²) in [6, 6.07) is 10.8. The van der Waals surface area contributed by atoms with Crippen LogP contribution in [0.25, 0.3) is 0 Å². The minimum Gasteiger partial charge on any atom is -0.369 e. The molecule has 3 rings (SSSR count). The van der Waals surface area contributed by atoms with Gasteiger partial charge in [-0.05, 0) is 25.5 Å². The Morgan fingerprint density at radius 2 is 1.87 bits per heavy atom. The SMILES string of the molecule is CCCCc1noc(C(C)N2CCN(c3ccccc3)CC2)n1. The molecule has 1 aromatic carbocycles. The average molecular weight is 314 g/mol. The number of piperazine rings is 1. The van der Waals surface area contributed by atoms with E-state index in [-0.39, 0.29) is 6.04 Å². The maximum atomic E-state index is 5.47. The predicted molar refractivity (Wildman–Crippen MR) is 91.6 cm³/mol. The Morgan fingerprint density at radius 1 is 1.13 bits per heavy atom. The van der Waals surface area contributed by atoms with Crippen molar-refractivity contribution in [2.24, 2.45) is 0 Å². The number of aryl methyl sites for hydroxylation is 1. The van der Waals surface area contributed by atoms with E-state index in [4.69, 9.17) is 4.52 Å². The molecule has 0 amide bonds. The zero-order chi connectivity index (χ0) is 16.1. The van der Waals surface area contributed by atoms with Gasteiger partial charge in [-0.3, -0.25) is 4.90 Å². The van der Waals surface area contributed by atoms with E-state index in [2.05, 4.69) is 64.1 Å². The Balaban J connectivity index is 1.55. The first-order valence-electron chi connectivity index (χ1n) is 8.64. The van der Waals surface area contributed by atoms with Crippen molar-refractivity contribution in [1.29, 1.82) is 0 Å². The van der Waals surface area contributed by atoms with Crippen LogP contribution in [0.4, 0.5) is 5.69 Å². The van der Waals surface area contributed by atoms with Gasteiger partial charge in [-0.15, -0.1) is 0 Å². The fourth-order valence-corrected chi connectivity index (χ4v) is 3.04. The highest BCUT2D eigenvalue weighted by Crippen LogP contribution is 2.22. The fourth-order valence-electron chi connectivity index (χ4n) is 3.04. The minimum absolute atomic E-state index is 0.191. The summed E-state index contributed by atoms with van der Waals surface area (Å²) in [5, 5.41) is 4.11. The normalized spacial score (nSPS) is 17.4. The molecule has 2 aromatic rings. The van der Waals surface area contributed by atoms with Crippen LogP contribution < -0.4 is 4.90 Å². The molecule has 1 unspecified atom stereocenters. The van der Waals surface area contributed by atoms with E-state index in [1.165, 1.54) is 5.69 Å². The summed E-state index contributed by atoms with van der Waals surface area (Å²) in [5.74, 6) is 1.60. The van der Waals surface area contributed by atoms with Gasteiger partial charge in [0.25, 0.3) is 0 Å². The largest absolute Gasteiger partial charge is 0.369 e. The molecule has 5 nitrogen and oxygen atoms in total. The number of hydrogen-bond donors (Lipinski definition) is 0. The monoisotopic (exact) mass is 314 g/mol. The molecule has 0 N–H and O–H groups in total. The molecule has 1 aliphatic heterocycles. The molecule has 23 heavy (non-hydrogen) atoms. The van der Waals surface area contributed by atoms with E-state index in [0.717, 1.165) is 57.2 Å². The molecule has 0 bridgehead atoms. The molecule has 1 aliphatic rings. The average Bonchev–Trinajstić information content (AvgIpc) is 3.09. The van der Waals surface area contributed by atoms with Crippen LogP contribution in [-0.2, 0) is 6.42 Å². The smallest absolute Gasteiger partial charge is 0.243 e. The molecular formula is C18H26N4O. The molecule has 0 radical (unpaired) electrons. The fraction of sp³-hybridized carbons (Fsp3) is 0.556. The summed E-state index contributed by atoms with van der Waals surface area (Å²) in [6.07, 6.45) is 3.18. The van der Waals surface area contributed by atoms with Gasteiger partial charge in [0.15, 0.2) is 5.82 Å². The highest BCUT2D eigenvalue weighted by atomic mass is 16.5. The highest BCUT2D eigenvalue weighted by Gasteiger charge is 2.25. The molecule has 1 saturated heterocycles. The Kier molecular flexibility index (Phi) is 5.28. The Bertz CT molecular complexity index is 590. The van der Waals surface area contributed by atoms with Crippen LogP contribution in [0.5, 0.6) is 0 Å². The molecule has 124 valence electrons. The van der Waals surface area contributed by atoms with Gasteiger partial charge in [-0.25, -0.2) is 0 Å². The number of unbranched alkanes of at least 4 members (excludes halogenated alkanes) is 1. The second-order valence-corrected chi connectivity index (χ2v) is 6.19. The van der Waals surface area contributed by atoms with Crippen molar-refractivity contribution in [3.63, 3.8) is 0 Å². The third-order valence-corrected chi connectivity index (χ3v) is 4.58. The van der Waals surface area contributed by atoms with Crippen LogP contribution in [0, 0.1) is 0 Å². The predicted octanol–water partition coefficient (Wildman–Crippen LogP) is 3.30. The van der Waals surface area contributed by atoms with Crippen LogP contribution in [0.3, 0.4) is 0 Å². The summed E-state index contributed by atoms with van der Waals surface area (Å²) < 4.78 is 5.47. The van der Waals surface area contributed by atoms with Gasteiger partial charge < -0.3 is 9.42 Å². The number of benzene rings is 1. The van der Waals surface area contributed by atoms with Crippen molar-refractivity contribution >= 4 is 5.69 Å². The Labute approximate surface area is 138 Å². The summed E-state index contributed by atoms with van der Waals surface area (Å²) >= 11 is 0. The van der Waals surface area contributed by atoms with Crippen molar-refractivity contribution in [2.75, 3.05) is 31.1 Å². The zero-order valence-electron chi connectivity index (χ0n) is 14.1. The second-order valence-electron chi connectivity index (χ2n) is 6.19. The van der Waals surface area contributed by atoms with Crippen LogP contribution in [0.1, 0.15) is 44.4 Å². The van der Waals surface area contributed by atoms with Crippen LogP contribution >= 0.6 is 0 Å². The Hall–Kier alpha value is -1.88. The van der Waals surface area contributed by atoms with Crippen LogP contribution in [-0.4, -0.2) is 41.2 Å². The first-order chi connectivity index (χ1) is 11.3. The van der Waals surface area contributed by atoms with Crippen molar-refractivity contribution in [3.05, 3.63) is 42.0 Å². The van der Waals surface area contributed by atoms with E-state index in [9.17, 15) is 0 Å². The number of para-hydroxylation sites is 1. The van der Waals surface area contributed by atoms with Gasteiger partial charge in [0.05, 0.1) is 6.04 Å². The van der Waals surface area contributed by atoms with Crippen molar-refractivity contribution in [2.45, 2.75) is 39.2 Å². The maximum absolute atomic E-state index is 5.47. The van der Waals surface area contributed by atoms with Gasteiger partial charge in [0, 0.05) is 38.3 Å². The molecule has 5 heteroatoms. The molecule has 0 saturated carbocycles. The molecule has 1 aromatic heterocycles. The molecule has 2 heterocycles. The quantitative estimate of drug-likeness (QED) is 0.818. The lowest BCUT2D eigenvalue weighted by molar-refractivity contribution is 0.164. The lowest BCUT2D eigenvalue weighted by atomic mass is 10.2. The van der Waals surface area contributed by atoms with Gasteiger partial charge in [0.1, 0.15) is 0 Å². The summed E-state index contributed by atoms with van der Waals surface area (Å²) in [6.45, 7) is 8.44. The number of hydrogen-bond acceptors (Lipinski definition) is 5.